The van der Waals surface area contributed by atoms with E-state index in [4.69, 9.17) is 4.98 Å². The van der Waals surface area contributed by atoms with Gasteiger partial charge in [-0.25, -0.2) is 18.4 Å². The first-order chi connectivity index (χ1) is 10.9. The topological polar surface area (TPSA) is 92.2 Å². The predicted octanol–water partition coefficient (Wildman–Crippen LogP) is 1.58. The molecule has 1 aromatic rings. The highest BCUT2D eigenvalue weighted by molar-refractivity contribution is 7.91. The highest BCUT2D eigenvalue weighted by Gasteiger charge is 2.36. The van der Waals surface area contributed by atoms with E-state index in [2.05, 4.69) is 10.3 Å². The summed E-state index contributed by atoms with van der Waals surface area (Å²) in [5, 5.41) is 13.8. The smallest absolute Gasteiger partial charge is 0.150 e. The Labute approximate surface area is 136 Å². The Hall–Kier alpha value is -1.21. The Balaban J connectivity index is 1.46. The van der Waals surface area contributed by atoms with Gasteiger partial charge in [0.1, 0.15) is 11.6 Å². The summed E-state index contributed by atoms with van der Waals surface area (Å²) in [4.78, 5) is 9.29. The van der Waals surface area contributed by atoms with Gasteiger partial charge in [-0.1, -0.05) is 0 Å². The van der Waals surface area contributed by atoms with Crippen molar-refractivity contribution in [1.82, 2.24) is 9.97 Å². The molecule has 1 aliphatic heterocycles. The van der Waals surface area contributed by atoms with Crippen molar-refractivity contribution in [1.29, 1.82) is 0 Å². The number of hydrogen-bond donors (Lipinski definition) is 2. The average Bonchev–Trinajstić information content (AvgIpc) is 3.40. The molecule has 2 N–H and O–H groups in total. The van der Waals surface area contributed by atoms with Crippen molar-refractivity contribution in [2.24, 2.45) is 0 Å². The Morgan fingerprint density at radius 2 is 1.78 bits per heavy atom. The van der Waals surface area contributed by atoms with Gasteiger partial charge in [0, 0.05) is 30.1 Å². The number of hydrogen-bond acceptors (Lipinski definition) is 6. The summed E-state index contributed by atoms with van der Waals surface area (Å²) in [7, 11) is -2.97. The molecule has 1 saturated heterocycles. The lowest BCUT2D eigenvalue weighted by Gasteiger charge is -2.32. The van der Waals surface area contributed by atoms with Gasteiger partial charge in [-0.15, -0.1) is 0 Å². The third kappa shape index (κ3) is 3.66. The number of sulfone groups is 1. The van der Waals surface area contributed by atoms with Crippen molar-refractivity contribution in [2.45, 2.75) is 56.0 Å². The number of rotatable bonds is 5. The van der Waals surface area contributed by atoms with Gasteiger partial charge in [0.15, 0.2) is 9.84 Å². The van der Waals surface area contributed by atoms with Crippen LogP contribution in [0.4, 0.5) is 5.82 Å². The first-order valence-electron chi connectivity index (χ1n) is 8.48. The van der Waals surface area contributed by atoms with Crippen molar-refractivity contribution < 1.29 is 13.5 Å². The van der Waals surface area contributed by atoms with E-state index >= 15 is 0 Å². The van der Waals surface area contributed by atoms with E-state index in [1.54, 1.807) is 0 Å². The molecule has 0 atom stereocenters. The molecule has 0 bridgehead atoms. The van der Waals surface area contributed by atoms with Gasteiger partial charge in [0.05, 0.1) is 17.1 Å². The van der Waals surface area contributed by atoms with Gasteiger partial charge in [-0.2, -0.15) is 0 Å². The van der Waals surface area contributed by atoms with Crippen LogP contribution < -0.4 is 5.32 Å². The minimum atomic E-state index is -2.97. The van der Waals surface area contributed by atoms with Gasteiger partial charge in [-0.3, -0.25) is 0 Å². The molecule has 23 heavy (non-hydrogen) atoms. The van der Waals surface area contributed by atoms with Crippen molar-refractivity contribution in [3.05, 3.63) is 17.6 Å². The van der Waals surface area contributed by atoms with Crippen LogP contribution >= 0.6 is 0 Å². The number of nitrogens with one attached hydrogen (secondary N) is 1. The average molecular weight is 337 g/mol. The van der Waals surface area contributed by atoms with Gasteiger partial charge in [0.2, 0.25) is 0 Å². The maximum absolute atomic E-state index is 11.5. The Morgan fingerprint density at radius 1 is 1.13 bits per heavy atom. The highest BCUT2D eigenvalue weighted by atomic mass is 32.2. The molecule has 6 nitrogen and oxygen atoms in total. The lowest BCUT2D eigenvalue weighted by molar-refractivity contribution is 0.0435. The summed E-state index contributed by atoms with van der Waals surface area (Å²) >= 11 is 0. The summed E-state index contributed by atoms with van der Waals surface area (Å²) in [5.41, 5.74) is 0.151. The second-order valence-corrected chi connectivity index (χ2v) is 9.62. The van der Waals surface area contributed by atoms with Crippen molar-refractivity contribution in [3.8, 4) is 0 Å². The van der Waals surface area contributed by atoms with Crippen LogP contribution in [-0.2, 0) is 9.84 Å². The van der Waals surface area contributed by atoms with Crippen molar-refractivity contribution in [3.63, 3.8) is 0 Å². The first-order valence-corrected chi connectivity index (χ1v) is 10.3. The van der Waals surface area contributed by atoms with Gasteiger partial charge in [0.25, 0.3) is 0 Å². The maximum Gasteiger partial charge on any atom is 0.150 e. The maximum atomic E-state index is 11.5. The van der Waals surface area contributed by atoms with Crippen LogP contribution in [-0.4, -0.2) is 47.1 Å². The van der Waals surface area contributed by atoms with Crippen LogP contribution in [0.15, 0.2) is 6.07 Å². The summed E-state index contributed by atoms with van der Waals surface area (Å²) in [6, 6.07) is 1.99. The van der Waals surface area contributed by atoms with E-state index in [9.17, 15) is 13.5 Å². The van der Waals surface area contributed by atoms with E-state index < -0.39 is 15.4 Å². The molecule has 3 aliphatic rings. The predicted molar refractivity (Wildman–Crippen MR) is 87.3 cm³/mol. The molecule has 126 valence electrons. The zero-order valence-corrected chi connectivity index (χ0v) is 14.0. The van der Waals surface area contributed by atoms with Gasteiger partial charge in [-0.05, 0) is 38.5 Å². The third-order valence-electron chi connectivity index (χ3n) is 5.06. The fourth-order valence-electron chi connectivity index (χ4n) is 3.04. The van der Waals surface area contributed by atoms with E-state index in [0.717, 1.165) is 30.2 Å². The fourth-order valence-corrected chi connectivity index (χ4v) is 4.62. The van der Waals surface area contributed by atoms with Crippen LogP contribution in [0.2, 0.25) is 0 Å². The molecule has 0 amide bonds. The number of aliphatic hydroxyl groups is 1. The molecule has 2 saturated carbocycles. The zero-order valence-electron chi connectivity index (χ0n) is 13.2. The van der Waals surface area contributed by atoms with E-state index in [1.807, 2.05) is 6.07 Å². The lowest BCUT2D eigenvalue weighted by Crippen LogP contribution is -2.44. The monoisotopic (exact) mass is 337 g/mol. The van der Waals surface area contributed by atoms with E-state index in [0.29, 0.717) is 31.2 Å². The standard InChI is InChI=1S/C16H23N3O3S/c20-16(5-7-23(21,22)8-6-16)10-17-14-9-13(11-1-2-11)18-15(19-14)12-3-4-12/h9,11-12,20H,1-8,10H2,(H,17,18,19). The molecule has 0 spiro atoms. The zero-order chi connectivity index (χ0) is 16.1. The quantitative estimate of drug-likeness (QED) is 0.847. The van der Waals surface area contributed by atoms with Crippen LogP contribution in [0.25, 0.3) is 0 Å². The fraction of sp³-hybridized carbons (Fsp3) is 0.750. The van der Waals surface area contributed by atoms with Crippen LogP contribution in [0.5, 0.6) is 0 Å². The lowest BCUT2D eigenvalue weighted by atomic mass is 9.97. The molecule has 0 radical (unpaired) electrons. The number of anilines is 1. The molecule has 2 heterocycles. The second-order valence-electron chi connectivity index (χ2n) is 7.31. The van der Waals surface area contributed by atoms with E-state index in [1.165, 1.54) is 12.8 Å². The number of nitrogens with zero attached hydrogens (tertiary/aromatic N) is 2. The minimum absolute atomic E-state index is 0.0651. The Bertz CT molecular complexity index is 667. The molecular formula is C16H23N3O3S. The van der Waals surface area contributed by atoms with E-state index in [-0.39, 0.29) is 11.5 Å². The molecule has 1 aromatic heterocycles. The normalized spacial score (nSPS) is 26.0. The van der Waals surface area contributed by atoms with Crippen LogP contribution in [0.3, 0.4) is 0 Å². The summed E-state index contributed by atoms with van der Waals surface area (Å²) in [6.07, 6.45) is 5.30. The second kappa shape index (κ2) is 5.41. The largest absolute Gasteiger partial charge is 0.388 e. The van der Waals surface area contributed by atoms with Gasteiger partial charge >= 0.3 is 0 Å². The minimum Gasteiger partial charge on any atom is -0.388 e. The molecule has 4 rings (SSSR count). The molecule has 0 aromatic carbocycles. The van der Waals surface area contributed by atoms with Crippen LogP contribution in [0.1, 0.15) is 61.9 Å². The Kier molecular flexibility index (Phi) is 3.61. The Morgan fingerprint density at radius 3 is 2.39 bits per heavy atom. The molecular weight excluding hydrogens is 314 g/mol. The molecule has 3 fully saturated rings. The van der Waals surface area contributed by atoms with Crippen molar-refractivity contribution in [2.75, 3.05) is 23.4 Å². The summed E-state index contributed by atoms with van der Waals surface area (Å²) < 4.78 is 23.0. The molecule has 0 unspecified atom stereocenters. The molecule has 2 aliphatic carbocycles. The van der Waals surface area contributed by atoms with Crippen LogP contribution in [0, 0.1) is 0 Å². The summed E-state index contributed by atoms with van der Waals surface area (Å²) in [6.45, 7) is 0.341. The first kappa shape index (κ1) is 15.3. The summed E-state index contributed by atoms with van der Waals surface area (Å²) in [5.74, 6) is 2.89. The van der Waals surface area contributed by atoms with Crippen molar-refractivity contribution >= 4 is 15.7 Å². The number of aromatic nitrogens is 2. The third-order valence-corrected chi connectivity index (χ3v) is 6.71. The molecule has 7 heteroatoms. The SMILES string of the molecule is O=S1(=O)CCC(O)(CNc2cc(C3CC3)nc(C3CC3)n2)CC1. The highest BCUT2D eigenvalue weighted by Crippen LogP contribution is 2.43. The van der Waals surface area contributed by atoms with Gasteiger partial charge < -0.3 is 10.4 Å².